The molecule has 17 heteroatoms. The van der Waals surface area contributed by atoms with Gasteiger partial charge in [0, 0.05) is 18.2 Å². The highest BCUT2D eigenvalue weighted by atomic mass is 19.3. The number of hydrogen-bond donors (Lipinski definition) is 3. The van der Waals surface area contributed by atoms with Gasteiger partial charge in [0.15, 0.2) is 5.82 Å². The summed E-state index contributed by atoms with van der Waals surface area (Å²) in [4.78, 5) is 39.2. The summed E-state index contributed by atoms with van der Waals surface area (Å²) in [5, 5.41) is 11.4. The number of nitrogens with zero attached hydrogens (tertiary/aromatic N) is 6. The minimum Gasteiger partial charge on any atom is -0.382 e. The molecule has 0 aliphatic carbocycles. The summed E-state index contributed by atoms with van der Waals surface area (Å²) in [6, 6.07) is 5.12. The molecule has 3 heterocycles. The summed E-state index contributed by atoms with van der Waals surface area (Å²) >= 11 is 0. The van der Waals surface area contributed by atoms with Crippen LogP contribution in [0.4, 0.5) is 43.9 Å². The number of nitrogens with one attached hydrogen (secondary N) is 1. The highest BCUT2D eigenvalue weighted by molar-refractivity contribution is 5.80. The van der Waals surface area contributed by atoms with Crippen LogP contribution in [0.1, 0.15) is 35.8 Å². The van der Waals surface area contributed by atoms with E-state index in [4.69, 9.17) is 11.5 Å². The molecule has 1 amide bonds. The van der Waals surface area contributed by atoms with Crippen molar-refractivity contribution in [3.63, 3.8) is 0 Å². The largest absolute Gasteiger partial charge is 0.382 e. The maximum Gasteiger partial charge on any atom is 0.315 e. The summed E-state index contributed by atoms with van der Waals surface area (Å²) in [6.07, 6.45) is -6.80. The molecule has 1 aliphatic heterocycles. The zero-order valence-corrected chi connectivity index (χ0v) is 21.6. The van der Waals surface area contributed by atoms with Crippen LogP contribution in [0.25, 0.3) is 16.6 Å². The van der Waals surface area contributed by atoms with Crippen LogP contribution in [-0.4, -0.2) is 44.4 Å². The number of nitriles is 1. The van der Waals surface area contributed by atoms with Gasteiger partial charge in [0.05, 0.1) is 17.2 Å². The molecule has 11 nitrogen and oxygen atoms in total. The number of fused-ring (bicyclic) bond motifs is 1. The predicted molar refractivity (Wildman–Crippen MR) is 140 cm³/mol. The number of nitrogen functional groups attached to an aromatic ring is 2. The highest BCUT2D eigenvalue weighted by Gasteiger charge is 2.40. The van der Waals surface area contributed by atoms with Crippen LogP contribution in [0, 0.1) is 23.0 Å². The third-order valence-electron chi connectivity index (χ3n) is 6.75. The first-order chi connectivity index (χ1) is 20.4. The van der Waals surface area contributed by atoms with Crippen molar-refractivity contribution in [2.24, 2.45) is 0 Å². The van der Waals surface area contributed by atoms with E-state index >= 15 is 0 Å². The minimum absolute atomic E-state index is 0.177. The van der Waals surface area contributed by atoms with Gasteiger partial charge < -0.3 is 21.7 Å². The van der Waals surface area contributed by atoms with E-state index < -0.39 is 64.7 Å². The smallest absolute Gasteiger partial charge is 0.315 e. The Labute approximate surface area is 237 Å². The van der Waals surface area contributed by atoms with Gasteiger partial charge in [-0.3, -0.25) is 14.2 Å². The van der Waals surface area contributed by atoms with Crippen molar-refractivity contribution in [1.29, 1.82) is 5.26 Å². The van der Waals surface area contributed by atoms with Gasteiger partial charge >= 0.3 is 6.43 Å². The van der Waals surface area contributed by atoms with Crippen molar-refractivity contribution < 1.29 is 31.1 Å². The molecule has 0 saturated carbocycles. The third kappa shape index (κ3) is 5.34. The molecule has 2 aromatic heterocycles. The number of hydrogen-bond acceptors (Lipinski definition) is 9. The van der Waals surface area contributed by atoms with Gasteiger partial charge in [0.25, 0.3) is 17.9 Å². The molecule has 43 heavy (non-hydrogen) atoms. The molecule has 5 N–H and O–H groups in total. The van der Waals surface area contributed by atoms with Crippen LogP contribution < -0.4 is 27.2 Å². The Hall–Kier alpha value is -5.40. The Balaban J connectivity index is 1.81. The number of halogens is 6. The number of benzene rings is 2. The average molecular weight is 603 g/mol. The first-order valence-corrected chi connectivity index (χ1v) is 12.4. The van der Waals surface area contributed by atoms with Crippen LogP contribution in [0.15, 0.2) is 41.2 Å². The van der Waals surface area contributed by atoms with E-state index in [1.807, 2.05) is 6.07 Å². The highest BCUT2D eigenvalue weighted by Crippen LogP contribution is 2.39. The van der Waals surface area contributed by atoms with Gasteiger partial charge in [-0.05, 0) is 36.8 Å². The number of carbonyl (C=O) groups is 1. The number of anilines is 3. The normalized spacial score (nSPS) is 16.7. The Morgan fingerprint density at radius 2 is 1.84 bits per heavy atom. The number of aromatic nitrogens is 4. The topological polar surface area (TPSA) is 169 Å². The van der Waals surface area contributed by atoms with E-state index in [-0.39, 0.29) is 47.5 Å². The van der Waals surface area contributed by atoms with Crippen molar-refractivity contribution in [2.75, 3.05) is 22.9 Å². The molecule has 1 saturated heterocycles. The second kappa shape index (κ2) is 11.1. The zero-order chi connectivity index (χ0) is 31.2. The Morgan fingerprint density at radius 1 is 1.09 bits per heavy atom. The lowest BCUT2D eigenvalue weighted by molar-refractivity contribution is -0.132. The van der Waals surface area contributed by atoms with Crippen molar-refractivity contribution in [1.82, 2.24) is 24.8 Å². The van der Waals surface area contributed by atoms with Gasteiger partial charge in [0.1, 0.15) is 40.3 Å². The SMILES string of the molecule is N#Cc1c(N)nc(N)nc1N1C[C@H](NC(=O)C(F)F)C[C@H]1c1nc2cccc(F)c2c(=O)n1-c1cc(F)cc(C(F)F)c1. The van der Waals surface area contributed by atoms with E-state index in [9.17, 15) is 41.2 Å². The quantitative estimate of drug-likeness (QED) is 0.280. The fourth-order valence-electron chi connectivity index (χ4n) is 5.01. The molecule has 0 unspecified atom stereocenters. The van der Waals surface area contributed by atoms with Crippen molar-refractivity contribution in [3.8, 4) is 11.8 Å². The Kier molecular flexibility index (Phi) is 7.52. The van der Waals surface area contributed by atoms with Gasteiger partial charge in [-0.25, -0.2) is 22.5 Å². The maximum absolute atomic E-state index is 14.9. The molecule has 0 bridgehead atoms. The summed E-state index contributed by atoms with van der Waals surface area (Å²) in [6.45, 7) is -0.309. The second-order valence-electron chi connectivity index (χ2n) is 9.48. The molecule has 0 spiro atoms. The zero-order valence-electron chi connectivity index (χ0n) is 21.6. The summed E-state index contributed by atoms with van der Waals surface area (Å²) in [5.41, 5.74) is 8.79. The fourth-order valence-corrected chi connectivity index (χ4v) is 5.01. The van der Waals surface area contributed by atoms with Crippen molar-refractivity contribution >= 4 is 34.4 Å². The van der Waals surface area contributed by atoms with Crippen LogP contribution in [0.3, 0.4) is 0 Å². The first kappa shape index (κ1) is 29.1. The molecule has 1 fully saturated rings. The fraction of sp³-hybridized carbons (Fsp3) is 0.231. The van der Waals surface area contributed by atoms with Crippen LogP contribution in [0.5, 0.6) is 0 Å². The maximum atomic E-state index is 14.9. The van der Waals surface area contributed by atoms with Crippen molar-refractivity contribution in [3.05, 3.63) is 75.3 Å². The second-order valence-corrected chi connectivity index (χ2v) is 9.48. The number of alkyl halides is 4. The molecule has 0 radical (unpaired) electrons. The van der Waals surface area contributed by atoms with Crippen molar-refractivity contribution in [2.45, 2.75) is 31.4 Å². The Bertz CT molecular complexity index is 1860. The lowest BCUT2D eigenvalue weighted by Crippen LogP contribution is -2.40. The van der Waals surface area contributed by atoms with E-state index in [2.05, 4.69) is 20.3 Å². The Morgan fingerprint density at radius 3 is 2.51 bits per heavy atom. The predicted octanol–water partition coefficient (Wildman–Crippen LogP) is 3.13. The third-order valence-corrected chi connectivity index (χ3v) is 6.75. The van der Waals surface area contributed by atoms with E-state index in [1.54, 1.807) is 0 Å². The molecular formula is C26H19F6N9O2. The first-order valence-electron chi connectivity index (χ1n) is 12.4. The summed E-state index contributed by atoms with van der Waals surface area (Å²) < 4.78 is 83.7. The van der Waals surface area contributed by atoms with Crippen LogP contribution in [0.2, 0.25) is 0 Å². The molecule has 4 aromatic rings. The number of nitrogens with two attached hydrogens (primary N) is 2. The summed E-state index contributed by atoms with van der Waals surface area (Å²) in [5.74, 6) is -5.03. The van der Waals surface area contributed by atoms with E-state index in [0.717, 1.165) is 18.2 Å². The summed E-state index contributed by atoms with van der Waals surface area (Å²) in [7, 11) is 0. The number of rotatable bonds is 6. The molecule has 5 rings (SSSR count). The van der Waals surface area contributed by atoms with Gasteiger partial charge in [0.2, 0.25) is 5.95 Å². The number of amides is 1. The molecule has 2 aromatic carbocycles. The lowest BCUT2D eigenvalue weighted by Gasteiger charge is -2.28. The molecule has 2 atom stereocenters. The lowest BCUT2D eigenvalue weighted by atomic mass is 10.1. The molecule has 1 aliphatic rings. The number of carbonyl (C=O) groups excluding carboxylic acids is 1. The van der Waals surface area contributed by atoms with E-state index in [0.29, 0.717) is 10.6 Å². The van der Waals surface area contributed by atoms with Gasteiger partial charge in [-0.15, -0.1) is 0 Å². The van der Waals surface area contributed by atoms with E-state index in [1.165, 1.54) is 17.0 Å². The van der Waals surface area contributed by atoms with Gasteiger partial charge in [-0.1, -0.05) is 6.07 Å². The standard InChI is InChI=1S/C26H19F6N9O2/c27-11-4-10(19(29)30)5-13(6-11)41-23(37-16-3-1-2-15(28)18(16)25(41)43)17-7-12(36-24(42)20(31)32)9-40(17)22-14(8-33)21(34)38-26(35)39-22/h1-6,12,17,19-20H,7,9H2,(H,36,42)(H4,34,35,38,39)/t12-,17+/m1/s1. The van der Waals surface area contributed by atoms with Crippen LogP contribution in [-0.2, 0) is 4.79 Å². The monoisotopic (exact) mass is 603 g/mol. The minimum atomic E-state index is -3.38. The molecule has 222 valence electrons. The average Bonchev–Trinajstić information content (AvgIpc) is 3.35. The molecular weight excluding hydrogens is 584 g/mol. The van der Waals surface area contributed by atoms with Gasteiger partial charge in [-0.2, -0.15) is 24.0 Å². The van der Waals surface area contributed by atoms with Crippen LogP contribution >= 0.6 is 0 Å².